The van der Waals surface area contributed by atoms with Crippen molar-refractivity contribution in [3.05, 3.63) is 97.3 Å². The van der Waals surface area contributed by atoms with Crippen LogP contribution in [0.4, 0.5) is 5.69 Å². The van der Waals surface area contributed by atoms with Crippen LogP contribution in [0.1, 0.15) is 17.3 Å². The lowest BCUT2D eigenvalue weighted by atomic mass is 9.74. The number of H-pyrrole nitrogens is 1. The Balaban J connectivity index is 1.82. The highest BCUT2D eigenvalue weighted by molar-refractivity contribution is 5.89. The van der Waals surface area contributed by atoms with E-state index < -0.39 is 11.6 Å². The lowest BCUT2D eigenvalue weighted by Gasteiger charge is -2.29. The number of fused-ring (bicyclic) bond motifs is 6. The van der Waals surface area contributed by atoms with Crippen molar-refractivity contribution in [3.8, 4) is 0 Å². The molecule has 2 N–H and O–H groups in total. The van der Waals surface area contributed by atoms with Gasteiger partial charge in [0, 0.05) is 29.8 Å². The fourth-order valence-corrected chi connectivity index (χ4v) is 4.98. The maximum atomic E-state index is 13.2. The first-order chi connectivity index (χ1) is 14.0. The van der Waals surface area contributed by atoms with E-state index in [1.165, 1.54) is 4.57 Å². The Kier molecular flexibility index (Phi) is 2.88. The number of aromatic amines is 1. The van der Waals surface area contributed by atoms with Crippen LogP contribution in [0.5, 0.6) is 0 Å². The van der Waals surface area contributed by atoms with Crippen LogP contribution in [0.3, 0.4) is 0 Å². The molecule has 0 amide bonds. The van der Waals surface area contributed by atoms with E-state index in [1.54, 1.807) is 11.6 Å². The first kappa shape index (κ1) is 16.2. The molecule has 0 spiro atoms. The molecule has 0 saturated carbocycles. The molecule has 0 bridgehead atoms. The quantitative estimate of drug-likeness (QED) is 0.519. The van der Waals surface area contributed by atoms with Gasteiger partial charge >= 0.3 is 0 Å². The smallest absolute Gasteiger partial charge is 0.276 e. The zero-order chi connectivity index (χ0) is 19.9. The zero-order valence-electron chi connectivity index (χ0n) is 15.8. The largest absolute Gasteiger partial charge is 0.363 e. The number of hydrogen-bond acceptors (Lipinski definition) is 3. The Hall–Kier alpha value is -3.80. The molecule has 6 rings (SSSR count). The SMILES string of the molecule is C=c1c(=O)n2c(c(=O)n1C)=C[C@]1(c3c[nH]c4ccccc34)c3ccccc3N[C@H]21. The van der Waals surface area contributed by atoms with Crippen LogP contribution in [-0.2, 0) is 12.5 Å². The summed E-state index contributed by atoms with van der Waals surface area (Å²) in [5, 5.41) is 5.14. The fraction of sp³-hybridized carbons (Fsp3) is 0.130. The van der Waals surface area contributed by atoms with Gasteiger partial charge in [-0.2, -0.15) is 0 Å². The first-order valence-electron chi connectivity index (χ1n) is 9.50. The molecule has 2 aliphatic heterocycles. The lowest BCUT2D eigenvalue weighted by Crippen LogP contribution is -2.57. The number of para-hydroxylation sites is 2. The number of hydrogen-bond donors (Lipinski definition) is 2. The van der Waals surface area contributed by atoms with Crippen LogP contribution in [0, 0.1) is 0 Å². The van der Waals surface area contributed by atoms with E-state index in [4.69, 9.17) is 0 Å². The third-order valence-corrected chi connectivity index (χ3v) is 6.41. The van der Waals surface area contributed by atoms with Gasteiger partial charge in [-0.05, 0) is 29.3 Å². The Morgan fingerprint density at radius 1 is 1.00 bits per heavy atom. The molecule has 2 atom stereocenters. The maximum absolute atomic E-state index is 13.2. The predicted octanol–water partition coefficient (Wildman–Crippen LogP) is 1.14. The Labute approximate surface area is 165 Å². The second kappa shape index (κ2) is 5.17. The number of nitrogens with one attached hydrogen (secondary N) is 2. The van der Waals surface area contributed by atoms with Gasteiger partial charge in [0.2, 0.25) is 0 Å². The Bertz CT molecular complexity index is 1570. The van der Waals surface area contributed by atoms with Crippen LogP contribution in [0.25, 0.3) is 23.6 Å². The van der Waals surface area contributed by atoms with E-state index in [0.717, 1.165) is 27.7 Å². The third kappa shape index (κ3) is 1.77. The highest BCUT2D eigenvalue weighted by atomic mass is 16.1. The summed E-state index contributed by atoms with van der Waals surface area (Å²) < 4.78 is 2.91. The molecule has 6 nitrogen and oxygen atoms in total. The molecule has 4 heterocycles. The van der Waals surface area contributed by atoms with Crippen LogP contribution >= 0.6 is 0 Å². The molecule has 0 aliphatic carbocycles. The van der Waals surface area contributed by atoms with Gasteiger partial charge in [-0.25, -0.2) is 0 Å². The topological polar surface area (TPSA) is 71.8 Å². The maximum Gasteiger partial charge on any atom is 0.276 e. The summed E-state index contributed by atoms with van der Waals surface area (Å²) in [5.41, 5.74) is 2.90. The van der Waals surface area contributed by atoms with E-state index in [-0.39, 0.29) is 16.5 Å². The monoisotopic (exact) mass is 382 g/mol. The molecule has 0 saturated heterocycles. The number of anilines is 1. The third-order valence-electron chi connectivity index (χ3n) is 6.41. The van der Waals surface area contributed by atoms with Gasteiger partial charge in [0.15, 0.2) is 0 Å². The van der Waals surface area contributed by atoms with Crippen LogP contribution in [-0.4, -0.2) is 14.1 Å². The van der Waals surface area contributed by atoms with Crippen molar-refractivity contribution in [1.82, 2.24) is 14.1 Å². The van der Waals surface area contributed by atoms with E-state index >= 15 is 0 Å². The highest BCUT2D eigenvalue weighted by Crippen LogP contribution is 2.54. The predicted molar refractivity (Wildman–Crippen MR) is 113 cm³/mol. The summed E-state index contributed by atoms with van der Waals surface area (Å²) in [4.78, 5) is 29.6. The molecule has 142 valence electrons. The molecular formula is C23H18N4O2. The normalized spacial score (nSPS) is 21.3. The Morgan fingerprint density at radius 2 is 1.76 bits per heavy atom. The van der Waals surface area contributed by atoms with E-state index in [2.05, 4.69) is 29.0 Å². The summed E-state index contributed by atoms with van der Waals surface area (Å²) in [6, 6.07) is 16.1. The zero-order valence-corrected chi connectivity index (χ0v) is 15.8. The number of rotatable bonds is 1. The van der Waals surface area contributed by atoms with E-state index in [0.29, 0.717) is 5.35 Å². The number of nitrogens with zero attached hydrogens (tertiary/aromatic N) is 2. The molecule has 0 radical (unpaired) electrons. The van der Waals surface area contributed by atoms with Gasteiger partial charge in [0.25, 0.3) is 11.1 Å². The second-order valence-corrected chi connectivity index (χ2v) is 7.73. The number of aromatic nitrogens is 3. The summed E-state index contributed by atoms with van der Waals surface area (Å²) in [7, 11) is 1.59. The van der Waals surface area contributed by atoms with Gasteiger partial charge in [-0.15, -0.1) is 0 Å². The molecule has 2 aromatic carbocycles. The standard InChI is InChI=1S/C23H18N4O2/c1-13-20(28)27-19(21(29)26(13)2)11-23(15-8-4-6-10-18(15)25-22(23)27)16-12-24-17-9-5-3-7-14(16)17/h3-12,22,24-25H,1H2,2H3/t22-,23-/m1/s1. The van der Waals surface area contributed by atoms with Crippen molar-refractivity contribution in [2.45, 2.75) is 11.6 Å². The summed E-state index contributed by atoms with van der Waals surface area (Å²) in [6.45, 7) is 3.84. The lowest BCUT2D eigenvalue weighted by molar-refractivity contribution is 0.464. The van der Waals surface area contributed by atoms with Gasteiger partial charge in [-0.3, -0.25) is 14.2 Å². The van der Waals surface area contributed by atoms with Crippen molar-refractivity contribution < 1.29 is 0 Å². The molecule has 2 aliphatic rings. The molecule has 0 unspecified atom stereocenters. The molecular weight excluding hydrogens is 364 g/mol. The number of benzene rings is 2. The van der Waals surface area contributed by atoms with E-state index in [9.17, 15) is 9.59 Å². The second-order valence-electron chi connectivity index (χ2n) is 7.73. The Morgan fingerprint density at radius 3 is 2.62 bits per heavy atom. The van der Waals surface area contributed by atoms with Crippen molar-refractivity contribution >= 4 is 29.2 Å². The summed E-state index contributed by atoms with van der Waals surface area (Å²) >= 11 is 0. The average molecular weight is 382 g/mol. The minimum atomic E-state index is -0.678. The first-order valence-corrected chi connectivity index (χ1v) is 9.50. The van der Waals surface area contributed by atoms with Crippen molar-refractivity contribution in [2.75, 3.05) is 5.32 Å². The molecule has 29 heavy (non-hydrogen) atoms. The van der Waals surface area contributed by atoms with E-state index in [1.807, 2.05) is 48.7 Å². The average Bonchev–Trinajstić information content (AvgIpc) is 3.39. The van der Waals surface area contributed by atoms with Crippen LogP contribution in [0.2, 0.25) is 0 Å². The van der Waals surface area contributed by atoms with Crippen LogP contribution in [0.15, 0.2) is 64.3 Å². The van der Waals surface area contributed by atoms with Crippen molar-refractivity contribution in [1.29, 1.82) is 0 Å². The summed E-state index contributed by atoms with van der Waals surface area (Å²) in [6.07, 6.45) is 3.51. The molecule has 4 aromatic rings. The minimum absolute atomic E-state index is 0.180. The van der Waals surface area contributed by atoms with Crippen molar-refractivity contribution in [2.24, 2.45) is 7.05 Å². The van der Waals surface area contributed by atoms with Crippen molar-refractivity contribution in [3.63, 3.8) is 0 Å². The fourth-order valence-electron chi connectivity index (χ4n) is 4.98. The molecule has 0 fully saturated rings. The van der Waals surface area contributed by atoms with Crippen LogP contribution < -0.4 is 27.1 Å². The molecule has 2 aromatic heterocycles. The minimum Gasteiger partial charge on any atom is -0.363 e. The van der Waals surface area contributed by atoms with Gasteiger partial charge < -0.3 is 14.9 Å². The van der Waals surface area contributed by atoms with Gasteiger partial charge in [-0.1, -0.05) is 43.0 Å². The van der Waals surface area contributed by atoms with Gasteiger partial charge in [0.1, 0.15) is 16.9 Å². The summed E-state index contributed by atoms with van der Waals surface area (Å²) in [5.74, 6) is 0. The van der Waals surface area contributed by atoms with Gasteiger partial charge in [0.05, 0.1) is 5.41 Å². The molecule has 6 heteroatoms. The highest BCUT2D eigenvalue weighted by Gasteiger charge is 2.53.